The smallest absolute Gasteiger partial charge is 0.340 e. The molecule has 1 fully saturated rings. The third kappa shape index (κ3) is 4.81. The van der Waals surface area contributed by atoms with Crippen LogP contribution in [0.1, 0.15) is 43.5 Å². The van der Waals surface area contributed by atoms with E-state index >= 15 is 0 Å². The van der Waals surface area contributed by atoms with Crippen molar-refractivity contribution in [2.24, 2.45) is 5.92 Å². The van der Waals surface area contributed by atoms with Gasteiger partial charge in [-0.3, -0.25) is 9.59 Å². The van der Waals surface area contributed by atoms with E-state index in [-0.39, 0.29) is 25.5 Å². The minimum atomic E-state index is -0.558. The molecule has 0 aromatic heterocycles. The van der Waals surface area contributed by atoms with Gasteiger partial charge >= 0.3 is 11.9 Å². The lowest BCUT2D eigenvalue weighted by Gasteiger charge is -2.24. The molecule has 1 aliphatic rings. The van der Waals surface area contributed by atoms with Crippen molar-refractivity contribution in [1.82, 2.24) is 0 Å². The van der Waals surface area contributed by atoms with Crippen LogP contribution in [-0.2, 0) is 19.1 Å². The monoisotopic (exact) mass is 333 g/mol. The van der Waals surface area contributed by atoms with E-state index in [1.165, 1.54) is 4.90 Å². The van der Waals surface area contributed by atoms with Crippen molar-refractivity contribution < 1.29 is 23.9 Å². The Bertz CT molecular complexity index is 609. The summed E-state index contributed by atoms with van der Waals surface area (Å²) in [5.74, 6) is -0.988. The zero-order valence-electron chi connectivity index (χ0n) is 14.1. The number of carbonyl (C=O) groups excluding carboxylic acids is 3. The zero-order valence-corrected chi connectivity index (χ0v) is 14.1. The minimum absolute atomic E-state index is 0.230. The van der Waals surface area contributed by atoms with Crippen molar-refractivity contribution in [3.05, 3.63) is 29.8 Å². The fraction of sp³-hybridized carbons (Fsp3) is 0.500. The summed E-state index contributed by atoms with van der Waals surface area (Å²) in [5, 5.41) is 0. The van der Waals surface area contributed by atoms with Crippen LogP contribution in [-0.4, -0.2) is 37.6 Å². The van der Waals surface area contributed by atoms with Crippen LogP contribution < -0.4 is 4.90 Å². The highest BCUT2D eigenvalue weighted by Gasteiger charge is 2.30. The minimum Gasteiger partial charge on any atom is -0.466 e. The summed E-state index contributed by atoms with van der Waals surface area (Å²) in [6.07, 6.45) is 1.76. The molecule has 6 heteroatoms. The highest BCUT2D eigenvalue weighted by atomic mass is 16.5. The van der Waals surface area contributed by atoms with E-state index < -0.39 is 11.9 Å². The summed E-state index contributed by atoms with van der Waals surface area (Å²) < 4.78 is 9.93. The van der Waals surface area contributed by atoms with Gasteiger partial charge in [-0.05, 0) is 44.7 Å². The molecule has 0 aliphatic heterocycles. The van der Waals surface area contributed by atoms with Gasteiger partial charge in [-0.25, -0.2) is 4.79 Å². The second kappa shape index (κ2) is 8.47. The van der Waals surface area contributed by atoms with Crippen molar-refractivity contribution in [3.63, 3.8) is 0 Å². The predicted molar refractivity (Wildman–Crippen MR) is 88.7 cm³/mol. The molecule has 1 amide bonds. The molecule has 0 bridgehead atoms. The van der Waals surface area contributed by atoms with Crippen molar-refractivity contribution >= 4 is 23.5 Å². The molecule has 1 aliphatic carbocycles. The SMILES string of the molecule is CCOC(=O)CC(=O)N(CC1CC1)c1ccccc1C(=O)OCC. The molecule has 0 unspecified atom stereocenters. The predicted octanol–water partition coefficient (Wildman–Crippen LogP) is 2.56. The topological polar surface area (TPSA) is 72.9 Å². The fourth-order valence-electron chi connectivity index (χ4n) is 2.41. The van der Waals surface area contributed by atoms with Crippen LogP contribution in [0.15, 0.2) is 24.3 Å². The summed E-state index contributed by atoms with van der Waals surface area (Å²) in [6.45, 7) is 4.41. The van der Waals surface area contributed by atoms with E-state index in [4.69, 9.17) is 9.47 Å². The molecule has 130 valence electrons. The maximum Gasteiger partial charge on any atom is 0.340 e. The van der Waals surface area contributed by atoms with E-state index in [2.05, 4.69) is 0 Å². The number of ether oxygens (including phenoxy) is 2. The molecule has 0 atom stereocenters. The number of anilines is 1. The Labute approximate surface area is 141 Å². The van der Waals surface area contributed by atoms with Gasteiger partial charge in [0.25, 0.3) is 0 Å². The summed E-state index contributed by atoms with van der Waals surface area (Å²) in [7, 11) is 0. The average Bonchev–Trinajstić information content (AvgIpc) is 3.37. The molecule has 0 saturated heterocycles. The van der Waals surface area contributed by atoms with Gasteiger partial charge in [0.1, 0.15) is 6.42 Å². The molecule has 0 spiro atoms. The van der Waals surface area contributed by atoms with Crippen molar-refractivity contribution in [3.8, 4) is 0 Å². The van der Waals surface area contributed by atoms with Crippen LogP contribution in [0.3, 0.4) is 0 Å². The largest absolute Gasteiger partial charge is 0.466 e. The number of para-hydroxylation sites is 1. The molecule has 1 aromatic carbocycles. The number of benzene rings is 1. The molecule has 1 saturated carbocycles. The van der Waals surface area contributed by atoms with Crippen LogP contribution in [0.25, 0.3) is 0 Å². The van der Waals surface area contributed by atoms with Crippen LogP contribution in [0.4, 0.5) is 5.69 Å². The quantitative estimate of drug-likeness (QED) is 0.540. The van der Waals surface area contributed by atoms with Gasteiger partial charge in [0, 0.05) is 6.54 Å². The first kappa shape index (κ1) is 18.0. The number of esters is 2. The van der Waals surface area contributed by atoms with Crippen molar-refractivity contribution in [2.45, 2.75) is 33.1 Å². The third-order valence-electron chi connectivity index (χ3n) is 3.73. The number of amides is 1. The normalized spacial score (nSPS) is 13.2. The maximum atomic E-state index is 12.6. The van der Waals surface area contributed by atoms with E-state index in [0.29, 0.717) is 23.7 Å². The molecule has 0 N–H and O–H groups in total. The Morgan fingerprint density at radius 2 is 1.75 bits per heavy atom. The Morgan fingerprint density at radius 1 is 1.08 bits per heavy atom. The van der Waals surface area contributed by atoms with Gasteiger partial charge in [-0.1, -0.05) is 12.1 Å². The van der Waals surface area contributed by atoms with E-state index in [9.17, 15) is 14.4 Å². The standard InChI is InChI=1S/C18H23NO5/c1-3-23-17(21)11-16(20)19(12-13-9-10-13)15-8-6-5-7-14(15)18(22)24-4-2/h5-8,13H,3-4,9-12H2,1-2H3. The lowest BCUT2D eigenvalue weighted by atomic mass is 10.1. The van der Waals surface area contributed by atoms with Gasteiger partial charge in [-0.2, -0.15) is 0 Å². The first-order valence-electron chi connectivity index (χ1n) is 8.28. The second-order valence-corrected chi connectivity index (χ2v) is 5.67. The van der Waals surface area contributed by atoms with Crippen molar-refractivity contribution in [1.29, 1.82) is 0 Å². The van der Waals surface area contributed by atoms with Crippen LogP contribution in [0.2, 0.25) is 0 Å². The van der Waals surface area contributed by atoms with Gasteiger partial charge < -0.3 is 14.4 Å². The summed E-state index contributed by atoms with van der Waals surface area (Å²) >= 11 is 0. The highest BCUT2D eigenvalue weighted by molar-refractivity contribution is 6.07. The lowest BCUT2D eigenvalue weighted by Crippen LogP contribution is -2.35. The van der Waals surface area contributed by atoms with Gasteiger partial charge in [-0.15, -0.1) is 0 Å². The molecule has 0 radical (unpaired) electrons. The Kier molecular flexibility index (Phi) is 6.35. The van der Waals surface area contributed by atoms with E-state index in [0.717, 1.165) is 12.8 Å². The third-order valence-corrected chi connectivity index (χ3v) is 3.73. The van der Waals surface area contributed by atoms with Crippen molar-refractivity contribution in [2.75, 3.05) is 24.7 Å². The number of hydrogen-bond donors (Lipinski definition) is 0. The van der Waals surface area contributed by atoms with Gasteiger partial charge in [0.2, 0.25) is 5.91 Å². The number of rotatable bonds is 8. The number of nitrogens with zero attached hydrogens (tertiary/aromatic N) is 1. The average molecular weight is 333 g/mol. The second-order valence-electron chi connectivity index (χ2n) is 5.67. The fourth-order valence-corrected chi connectivity index (χ4v) is 2.41. The zero-order chi connectivity index (χ0) is 17.5. The Morgan fingerprint density at radius 3 is 2.38 bits per heavy atom. The summed E-state index contributed by atoms with van der Waals surface area (Å²) in [6, 6.07) is 6.82. The summed E-state index contributed by atoms with van der Waals surface area (Å²) in [4.78, 5) is 37.9. The molecular formula is C18H23NO5. The van der Waals surface area contributed by atoms with Gasteiger partial charge in [0.15, 0.2) is 0 Å². The van der Waals surface area contributed by atoms with Crippen LogP contribution in [0.5, 0.6) is 0 Å². The maximum absolute atomic E-state index is 12.6. The van der Waals surface area contributed by atoms with Gasteiger partial charge in [0.05, 0.1) is 24.5 Å². The molecule has 1 aromatic rings. The van der Waals surface area contributed by atoms with Crippen LogP contribution in [0, 0.1) is 5.92 Å². The molecular weight excluding hydrogens is 310 g/mol. The first-order chi connectivity index (χ1) is 11.6. The molecule has 2 rings (SSSR count). The number of hydrogen-bond acceptors (Lipinski definition) is 5. The lowest BCUT2D eigenvalue weighted by molar-refractivity contribution is -0.145. The molecule has 6 nitrogen and oxygen atoms in total. The van der Waals surface area contributed by atoms with E-state index in [1.54, 1.807) is 38.1 Å². The Balaban J connectivity index is 2.25. The van der Waals surface area contributed by atoms with Crippen LogP contribution >= 0.6 is 0 Å². The van der Waals surface area contributed by atoms with E-state index in [1.807, 2.05) is 0 Å². The summed E-state index contributed by atoms with van der Waals surface area (Å²) in [5.41, 5.74) is 0.814. The molecule has 0 heterocycles. The molecule has 24 heavy (non-hydrogen) atoms. The first-order valence-corrected chi connectivity index (χ1v) is 8.28. The Hall–Kier alpha value is -2.37. The number of carbonyl (C=O) groups is 3. The highest BCUT2D eigenvalue weighted by Crippen LogP contribution is 2.33.